The van der Waals surface area contributed by atoms with E-state index in [4.69, 9.17) is 4.74 Å². The summed E-state index contributed by atoms with van der Waals surface area (Å²) in [5, 5.41) is 23.2. The zero-order valence-corrected chi connectivity index (χ0v) is 17.7. The molecule has 0 saturated heterocycles. The van der Waals surface area contributed by atoms with Crippen molar-refractivity contribution in [2.75, 3.05) is 13.2 Å². The Morgan fingerprint density at radius 3 is 2.19 bits per heavy atom. The molecule has 0 fully saturated rings. The molecule has 32 heavy (non-hydrogen) atoms. The Morgan fingerprint density at radius 2 is 1.56 bits per heavy atom. The lowest BCUT2D eigenvalue weighted by atomic mass is 9.98. The maximum Gasteiger partial charge on any atom is 0.407 e. The van der Waals surface area contributed by atoms with Gasteiger partial charge >= 0.3 is 6.09 Å². The van der Waals surface area contributed by atoms with E-state index in [2.05, 4.69) is 17.4 Å². The maximum atomic E-state index is 12.3. The number of amides is 1. The van der Waals surface area contributed by atoms with Crippen LogP contribution in [-0.4, -0.2) is 41.3 Å². The van der Waals surface area contributed by atoms with Crippen molar-refractivity contribution in [1.29, 1.82) is 0 Å². The Balaban J connectivity index is 1.34. The van der Waals surface area contributed by atoms with Crippen molar-refractivity contribution < 1.29 is 24.5 Å². The number of ether oxygens (including phenoxy) is 1. The van der Waals surface area contributed by atoms with Gasteiger partial charge in [0.1, 0.15) is 18.8 Å². The molecule has 1 aliphatic rings. The summed E-state index contributed by atoms with van der Waals surface area (Å²) in [5.74, 6) is -0.191. The highest BCUT2D eigenvalue weighted by Crippen LogP contribution is 2.44. The van der Waals surface area contributed by atoms with E-state index in [1.165, 1.54) is 13.0 Å². The fourth-order valence-electron chi connectivity index (χ4n) is 4.11. The molecule has 0 aromatic heterocycles. The minimum atomic E-state index is -1.25. The number of ketones is 1. The van der Waals surface area contributed by atoms with Crippen LogP contribution < -0.4 is 5.32 Å². The van der Waals surface area contributed by atoms with E-state index in [0.717, 1.165) is 22.3 Å². The van der Waals surface area contributed by atoms with Crippen LogP contribution >= 0.6 is 0 Å². The summed E-state index contributed by atoms with van der Waals surface area (Å²) in [6, 6.07) is 22.5. The molecule has 1 aliphatic carbocycles. The molecule has 6 nitrogen and oxygen atoms in total. The molecule has 4 rings (SSSR count). The fraction of sp³-hybridized carbons (Fsp3) is 0.231. The normalized spacial score (nSPS) is 14.2. The largest absolute Gasteiger partial charge is 0.449 e. The lowest BCUT2D eigenvalue weighted by Crippen LogP contribution is -2.36. The number of nitrogens with one attached hydrogen (secondary N) is 1. The van der Waals surface area contributed by atoms with E-state index in [1.54, 1.807) is 18.2 Å². The van der Waals surface area contributed by atoms with Crippen LogP contribution in [0.4, 0.5) is 4.79 Å². The van der Waals surface area contributed by atoms with Gasteiger partial charge in [0.2, 0.25) is 0 Å². The molecule has 0 spiro atoms. The van der Waals surface area contributed by atoms with Crippen molar-refractivity contribution in [2.45, 2.75) is 25.0 Å². The number of benzene rings is 3. The monoisotopic (exact) mass is 431 g/mol. The summed E-state index contributed by atoms with van der Waals surface area (Å²) in [6.07, 6.45) is -3.17. The third-order valence-electron chi connectivity index (χ3n) is 5.80. The number of hydrogen-bond donors (Lipinski definition) is 3. The lowest BCUT2D eigenvalue weighted by Gasteiger charge is -2.19. The van der Waals surface area contributed by atoms with Crippen LogP contribution in [0.2, 0.25) is 0 Å². The molecule has 164 valence electrons. The molecule has 0 saturated carbocycles. The maximum absolute atomic E-state index is 12.3. The molecule has 2 unspecified atom stereocenters. The SMILES string of the molecule is CC(=O)c1cccc(C(O)C(O)CNC(=O)OCC2c3ccccc3-c3ccccc32)c1. The number of rotatable bonds is 7. The van der Waals surface area contributed by atoms with Crippen LogP contribution in [0, 0.1) is 0 Å². The van der Waals surface area contributed by atoms with Gasteiger partial charge in [-0.3, -0.25) is 4.79 Å². The van der Waals surface area contributed by atoms with Crippen LogP contribution in [0.15, 0.2) is 72.8 Å². The number of fused-ring (bicyclic) bond motifs is 3. The Hall–Kier alpha value is -3.48. The van der Waals surface area contributed by atoms with E-state index in [9.17, 15) is 19.8 Å². The first-order valence-electron chi connectivity index (χ1n) is 10.5. The molecule has 0 radical (unpaired) electrons. The highest BCUT2D eigenvalue weighted by Gasteiger charge is 2.29. The first-order chi connectivity index (χ1) is 15.5. The summed E-state index contributed by atoms with van der Waals surface area (Å²) in [6.45, 7) is 1.40. The van der Waals surface area contributed by atoms with Gasteiger partial charge in [0.05, 0.1) is 0 Å². The number of carbonyl (C=O) groups is 2. The number of carbonyl (C=O) groups excluding carboxylic acids is 2. The van der Waals surface area contributed by atoms with Crippen LogP contribution in [0.5, 0.6) is 0 Å². The zero-order valence-electron chi connectivity index (χ0n) is 17.7. The average Bonchev–Trinajstić information content (AvgIpc) is 3.14. The molecular weight excluding hydrogens is 406 g/mol. The second-order valence-electron chi connectivity index (χ2n) is 7.90. The molecule has 0 heterocycles. The standard InChI is InChI=1S/C26H25NO5/c1-16(28)17-7-6-8-18(13-17)25(30)24(29)14-27-26(31)32-15-23-21-11-4-2-9-19(21)20-10-3-5-12-22(20)23/h2-13,23-25,29-30H,14-15H2,1H3,(H,27,31). The van der Waals surface area contributed by atoms with Gasteiger partial charge in [-0.2, -0.15) is 0 Å². The lowest BCUT2D eigenvalue weighted by molar-refractivity contribution is 0.0185. The Labute approximate surface area is 186 Å². The van der Waals surface area contributed by atoms with Gasteiger partial charge in [-0.15, -0.1) is 0 Å². The predicted molar refractivity (Wildman–Crippen MR) is 120 cm³/mol. The van der Waals surface area contributed by atoms with Crippen molar-refractivity contribution >= 4 is 11.9 Å². The molecule has 2 atom stereocenters. The molecule has 0 aliphatic heterocycles. The molecule has 6 heteroatoms. The van der Waals surface area contributed by atoms with Crippen LogP contribution in [0.1, 0.15) is 46.0 Å². The van der Waals surface area contributed by atoms with Crippen LogP contribution in [0.3, 0.4) is 0 Å². The van der Waals surface area contributed by atoms with E-state index < -0.39 is 18.3 Å². The van der Waals surface area contributed by atoms with Gasteiger partial charge in [0, 0.05) is 18.0 Å². The zero-order chi connectivity index (χ0) is 22.7. The molecule has 1 amide bonds. The molecule has 0 bridgehead atoms. The van der Waals surface area contributed by atoms with Crippen LogP contribution in [-0.2, 0) is 4.74 Å². The molecular formula is C26H25NO5. The van der Waals surface area contributed by atoms with E-state index >= 15 is 0 Å². The number of alkyl carbamates (subject to hydrolysis) is 1. The second kappa shape index (κ2) is 9.34. The van der Waals surface area contributed by atoms with Gasteiger partial charge in [-0.25, -0.2) is 4.79 Å². The van der Waals surface area contributed by atoms with Crippen molar-refractivity contribution in [2.24, 2.45) is 0 Å². The summed E-state index contributed by atoms with van der Waals surface area (Å²) in [7, 11) is 0. The topological polar surface area (TPSA) is 95.9 Å². The fourth-order valence-corrected chi connectivity index (χ4v) is 4.11. The highest BCUT2D eigenvalue weighted by molar-refractivity contribution is 5.94. The first kappa shape index (κ1) is 21.7. The smallest absolute Gasteiger partial charge is 0.407 e. The molecule has 3 aromatic carbocycles. The Bertz CT molecular complexity index is 1100. The highest BCUT2D eigenvalue weighted by atomic mass is 16.5. The third-order valence-corrected chi connectivity index (χ3v) is 5.80. The number of aliphatic hydroxyl groups excluding tert-OH is 2. The Morgan fingerprint density at radius 1 is 0.938 bits per heavy atom. The van der Waals surface area contributed by atoms with Crippen molar-refractivity contribution in [3.05, 3.63) is 95.1 Å². The summed E-state index contributed by atoms with van der Waals surface area (Å²) in [5.41, 5.74) is 5.36. The Kier molecular flexibility index (Phi) is 6.35. The quantitative estimate of drug-likeness (QED) is 0.494. The number of Topliss-reactive ketones (excluding diaryl/α,β-unsaturated/α-hetero) is 1. The minimum absolute atomic E-state index is 0.0574. The van der Waals surface area contributed by atoms with Crippen molar-refractivity contribution in [3.63, 3.8) is 0 Å². The van der Waals surface area contributed by atoms with Crippen molar-refractivity contribution in [1.82, 2.24) is 5.32 Å². The number of aliphatic hydroxyl groups is 2. The van der Waals surface area contributed by atoms with Gasteiger partial charge in [-0.05, 0) is 40.8 Å². The first-order valence-corrected chi connectivity index (χ1v) is 10.5. The van der Waals surface area contributed by atoms with E-state index in [1.807, 2.05) is 36.4 Å². The second-order valence-corrected chi connectivity index (χ2v) is 7.90. The molecule has 3 aromatic rings. The van der Waals surface area contributed by atoms with Gasteiger partial charge in [-0.1, -0.05) is 66.7 Å². The predicted octanol–water partition coefficient (Wildman–Crippen LogP) is 3.82. The van der Waals surface area contributed by atoms with Gasteiger partial charge in [0.25, 0.3) is 0 Å². The van der Waals surface area contributed by atoms with Gasteiger partial charge < -0.3 is 20.3 Å². The number of hydrogen-bond acceptors (Lipinski definition) is 5. The minimum Gasteiger partial charge on any atom is -0.449 e. The molecule has 3 N–H and O–H groups in total. The van der Waals surface area contributed by atoms with Gasteiger partial charge in [0.15, 0.2) is 5.78 Å². The van der Waals surface area contributed by atoms with Crippen molar-refractivity contribution in [3.8, 4) is 11.1 Å². The summed E-state index contributed by atoms with van der Waals surface area (Å²) >= 11 is 0. The van der Waals surface area contributed by atoms with Crippen LogP contribution in [0.25, 0.3) is 11.1 Å². The summed E-state index contributed by atoms with van der Waals surface area (Å²) < 4.78 is 5.44. The summed E-state index contributed by atoms with van der Waals surface area (Å²) in [4.78, 5) is 23.8. The van der Waals surface area contributed by atoms with E-state index in [0.29, 0.717) is 11.1 Å². The van der Waals surface area contributed by atoms with E-state index in [-0.39, 0.29) is 24.9 Å². The third kappa shape index (κ3) is 4.42. The average molecular weight is 431 g/mol.